The lowest BCUT2D eigenvalue weighted by Gasteiger charge is -2.43. The summed E-state index contributed by atoms with van der Waals surface area (Å²) in [7, 11) is 0. The highest BCUT2D eigenvalue weighted by Gasteiger charge is 2.30. The van der Waals surface area contributed by atoms with Gasteiger partial charge in [-0.3, -0.25) is 14.6 Å². The number of likely N-dealkylation sites (tertiary alicyclic amines) is 1. The molecule has 0 radical (unpaired) electrons. The molecule has 1 atom stereocenters. The summed E-state index contributed by atoms with van der Waals surface area (Å²) in [5, 5.41) is 0.898. The Balaban J connectivity index is 1.24. The first-order valence-corrected chi connectivity index (χ1v) is 11.7. The SMILES string of the molecule is O=C(c1ccc(Cl)c(Cl)c1)N1CCC[C@@H](N2CCN(CCOc3ccccc3)CC2)C1. The van der Waals surface area contributed by atoms with Gasteiger partial charge in [0.25, 0.3) is 5.91 Å². The fourth-order valence-electron chi connectivity index (χ4n) is 4.41. The van der Waals surface area contributed by atoms with Crippen molar-refractivity contribution in [2.75, 3.05) is 52.4 Å². The fourth-order valence-corrected chi connectivity index (χ4v) is 4.71. The lowest BCUT2D eigenvalue weighted by atomic mass is 10.0. The first-order valence-electron chi connectivity index (χ1n) is 11.0. The Labute approximate surface area is 194 Å². The number of piperazine rings is 1. The zero-order chi connectivity index (χ0) is 21.6. The van der Waals surface area contributed by atoms with E-state index in [1.54, 1.807) is 18.2 Å². The van der Waals surface area contributed by atoms with Crippen LogP contribution >= 0.6 is 23.2 Å². The Morgan fingerprint density at radius 3 is 2.48 bits per heavy atom. The minimum atomic E-state index is 0.0416. The second kappa shape index (κ2) is 10.7. The van der Waals surface area contributed by atoms with Crippen LogP contribution in [0.25, 0.3) is 0 Å². The van der Waals surface area contributed by atoms with E-state index in [0.717, 1.165) is 64.4 Å². The van der Waals surface area contributed by atoms with Crippen LogP contribution in [0.2, 0.25) is 10.0 Å². The van der Waals surface area contributed by atoms with Gasteiger partial charge in [0.1, 0.15) is 12.4 Å². The number of carbonyl (C=O) groups is 1. The zero-order valence-electron chi connectivity index (χ0n) is 17.7. The maximum atomic E-state index is 13.0. The van der Waals surface area contributed by atoms with Gasteiger partial charge < -0.3 is 9.64 Å². The molecule has 1 amide bonds. The normalized spacial score (nSPS) is 20.6. The van der Waals surface area contributed by atoms with E-state index in [0.29, 0.717) is 28.3 Å². The molecule has 166 valence electrons. The third kappa shape index (κ3) is 5.92. The molecule has 0 spiro atoms. The molecule has 2 heterocycles. The summed E-state index contributed by atoms with van der Waals surface area (Å²) in [6.07, 6.45) is 2.17. The molecule has 2 fully saturated rings. The summed E-state index contributed by atoms with van der Waals surface area (Å²) in [5.74, 6) is 0.968. The fraction of sp³-hybridized carbons (Fsp3) is 0.458. The van der Waals surface area contributed by atoms with Gasteiger partial charge >= 0.3 is 0 Å². The molecule has 2 saturated heterocycles. The Kier molecular flexibility index (Phi) is 7.72. The zero-order valence-corrected chi connectivity index (χ0v) is 19.2. The van der Waals surface area contributed by atoms with Crippen LogP contribution in [0.5, 0.6) is 5.75 Å². The van der Waals surface area contributed by atoms with Crippen molar-refractivity contribution < 1.29 is 9.53 Å². The molecule has 0 bridgehead atoms. The molecule has 4 rings (SSSR count). The minimum Gasteiger partial charge on any atom is -0.492 e. The lowest BCUT2D eigenvalue weighted by molar-refractivity contribution is 0.0399. The van der Waals surface area contributed by atoms with Gasteiger partial charge in [0.15, 0.2) is 0 Å². The van der Waals surface area contributed by atoms with E-state index < -0.39 is 0 Å². The first kappa shape index (κ1) is 22.4. The second-order valence-electron chi connectivity index (χ2n) is 8.22. The highest BCUT2D eigenvalue weighted by Crippen LogP contribution is 2.25. The van der Waals surface area contributed by atoms with Crippen LogP contribution in [0.4, 0.5) is 0 Å². The molecule has 2 aromatic carbocycles. The standard InChI is InChI=1S/C24H29Cl2N3O2/c25-22-9-8-19(17-23(22)26)24(30)29-10-4-5-20(18-29)28-13-11-27(12-14-28)15-16-31-21-6-2-1-3-7-21/h1-3,6-9,17,20H,4-5,10-16,18H2/t20-/m1/s1. The van der Waals surface area contributed by atoms with Gasteiger partial charge in [-0.1, -0.05) is 41.4 Å². The maximum absolute atomic E-state index is 13.0. The predicted octanol–water partition coefficient (Wildman–Crippen LogP) is 4.29. The molecular weight excluding hydrogens is 433 g/mol. The number of nitrogens with zero attached hydrogens (tertiary/aromatic N) is 3. The number of rotatable bonds is 6. The average Bonchev–Trinajstić information content (AvgIpc) is 2.82. The van der Waals surface area contributed by atoms with Gasteiger partial charge in [-0.15, -0.1) is 0 Å². The van der Waals surface area contributed by atoms with E-state index >= 15 is 0 Å². The topological polar surface area (TPSA) is 36.0 Å². The Morgan fingerprint density at radius 2 is 1.74 bits per heavy atom. The molecule has 31 heavy (non-hydrogen) atoms. The number of piperidine rings is 1. The van der Waals surface area contributed by atoms with Crippen LogP contribution in [0, 0.1) is 0 Å². The molecule has 0 saturated carbocycles. The van der Waals surface area contributed by atoms with Crippen LogP contribution in [0.15, 0.2) is 48.5 Å². The highest BCUT2D eigenvalue weighted by molar-refractivity contribution is 6.42. The molecule has 5 nitrogen and oxygen atoms in total. The summed E-state index contributed by atoms with van der Waals surface area (Å²) in [4.78, 5) is 19.9. The number of carbonyl (C=O) groups excluding carboxylic acids is 1. The van der Waals surface area contributed by atoms with Crippen LogP contribution in [0.1, 0.15) is 23.2 Å². The number of amides is 1. The second-order valence-corrected chi connectivity index (χ2v) is 9.03. The number of hydrogen-bond donors (Lipinski definition) is 0. The summed E-state index contributed by atoms with van der Waals surface area (Å²) in [5.41, 5.74) is 0.610. The van der Waals surface area contributed by atoms with Gasteiger partial charge in [0, 0.05) is 57.4 Å². The van der Waals surface area contributed by atoms with E-state index in [1.807, 2.05) is 35.2 Å². The molecular formula is C24H29Cl2N3O2. The summed E-state index contributed by atoms with van der Waals surface area (Å²) >= 11 is 12.1. The largest absolute Gasteiger partial charge is 0.492 e. The molecule has 0 unspecified atom stereocenters. The van der Waals surface area contributed by atoms with E-state index in [2.05, 4.69) is 9.80 Å². The number of para-hydroxylation sites is 1. The first-order chi connectivity index (χ1) is 15.1. The summed E-state index contributed by atoms with van der Waals surface area (Å²) < 4.78 is 5.83. The molecule has 2 aliphatic rings. The lowest BCUT2D eigenvalue weighted by Crippen LogP contribution is -2.56. The van der Waals surface area contributed by atoms with Crippen molar-refractivity contribution >= 4 is 29.1 Å². The number of hydrogen-bond acceptors (Lipinski definition) is 4. The maximum Gasteiger partial charge on any atom is 0.253 e. The van der Waals surface area contributed by atoms with Gasteiger partial charge in [-0.05, 0) is 43.2 Å². The van der Waals surface area contributed by atoms with Gasteiger partial charge in [-0.25, -0.2) is 0 Å². The smallest absolute Gasteiger partial charge is 0.253 e. The third-order valence-electron chi connectivity index (χ3n) is 6.19. The summed E-state index contributed by atoms with van der Waals surface area (Å²) in [6.45, 7) is 7.36. The third-order valence-corrected chi connectivity index (χ3v) is 6.93. The molecule has 0 N–H and O–H groups in total. The molecule has 0 aliphatic carbocycles. The van der Waals surface area contributed by atoms with E-state index in [-0.39, 0.29) is 5.91 Å². The van der Waals surface area contributed by atoms with Crippen molar-refractivity contribution in [3.63, 3.8) is 0 Å². The Morgan fingerprint density at radius 1 is 0.968 bits per heavy atom. The number of benzene rings is 2. The molecule has 2 aromatic rings. The quantitative estimate of drug-likeness (QED) is 0.642. The van der Waals surface area contributed by atoms with Crippen LogP contribution in [-0.4, -0.2) is 79.1 Å². The van der Waals surface area contributed by atoms with Gasteiger partial charge in [0.2, 0.25) is 0 Å². The van der Waals surface area contributed by atoms with Crippen molar-refractivity contribution in [2.24, 2.45) is 0 Å². The predicted molar refractivity (Wildman–Crippen MR) is 125 cm³/mol. The van der Waals surface area contributed by atoms with Crippen molar-refractivity contribution in [1.82, 2.24) is 14.7 Å². The van der Waals surface area contributed by atoms with Crippen molar-refractivity contribution in [3.8, 4) is 5.75 Å². The minimum absolute atomic E-state index is 0.0416. The van der Waals surface area contributed by atoms with E-state index in [4.69, 9.17) is 27.9 Å². The van der Waals surface area contributed by atoms with E-state index in [9.17, 15) is 4.79 Å². The monoisotopic (exact) mass is 461 g/mol. The highest BCUT2D eigenvalue weighted by atomic mass is 35.5. The molecule has 0 aromatic heterocycles. The summed E-state index contributed by atoms with van der Waals surface area (Å²) in [6, 6.07) is 15.5. The van der Waals surface area contributed by atoms with Crippen molar-refractivity contribution in [1.29, 1.82) is 0 Å². The van der Waals surface area contributed by atoms with Gasteiger partial charge in [-0.2, -0.15) is 0 Å². The Hall–Kier alpha value is -1.79. The van der Waals surface area contributed by atoms with Crippen LogP contribution in [-0.2, 0) is 0 Å². The average molecular weight is 462 g/mol. The molecule has 2 aliphatic heterocycles. The van der Waals surface area contributed by atoms with Crippen LogP contribution < -0.4 is 4.74 Å². The van der Waals surface area contributed by atoms with Gasteiger partial charge in [0.05, 0.1) is 10.0 Å². The Bertz CT molecular complexity index is 872. The van der Waals surface area contributed by atoms with Crippen molar-refractivity contribution in [3.05, 3.63) is 64.1 Å². The van der Waals surface area contributed by atoms with E-state index in [1.165, 1.54) is 0 Å². The van der Waals surface area contributed by atoms with Crippen molar-refractivity contribution in [2.45, 2.75) is 18.9 Å². The van der Waals surface area contributed by atoms with Crippen LogP contribution in [0.3, 0.4) is 0 Å². The number of ether oxygens (including phenoxy) is 1. The molecule has 7 heteroatoms. The number of halogens is 2.